The molecule has 1 N–H and O–H groups in total. The smallest absolute Gasteiger partial charge is 0.337 e. The minimum Gasteiger partial charge on any atom is -0.465 e. The Labute approximate surface area is 154 Å². The summed E-state index contributed by atoms with van der Waals surface area (Å²) in [6.07, 6.45) is 4.92. The second kappa shape index (κ2) is 8.60. The number of nitrogens with one attached hydrogen (secondary N) is 1. The predicted octanol–water partition coefficient (Wildman–Crippen LogP) is 3.54. The van der Waals surface area contributed by atoms with Crippen molar-refractivity contribution in [1.29, 1.82) is 0 Å². The summed E-state index contributed by atoms with van der Waals surface area (Å²) < 4.78 is 32.7. The third kappa shape index (κ3) is 4.91. The van der Waals surface area contributed by atoms with Gasteiger partial charge in [0.25, 0.3) is 0 Å². The van der Waals surface area contributed by atoms with E-state index in [0.717, 1.165) is 5.56 Å². The number of allylic oxidation sites excluding steroid dienone is 2. The summed E-state index contributed by atoms with van der Waals surface area (Å²) in [5.74, 6) is -0.449. The zero-order valence-corrected chi connectivity index (χ0v) is 15.5. The summed E-state index contributed by atoms with van der Waals surface area (Å²) in [6.45, 7) is 5.51. The first-order valence-electron chi connectivity index (χ1n) is 7.94. The molecule has 136 valence electrons. The predicted molar refractivity (Wildman–Crippen MR) is 101 cm³/mol. The van der Waals surface area contributed by atoms with Gasteiger partial charge >= 0.3 is 5.97 Å². The molecule has 0 aliphatic carbocycles. The molecule has 2 aromatic carbocycles. The summed E-state index contributed by atoms with van der Waals surface area (Å²) in [6, 6.07) is 12.6. The normalized spacial score (nSPS) is 12.7. The van der Waals surface area contributed by atoms with E-state index in [-0.39, 0.29) is 4.90 Å². The lowest BCUT2D eigenvalue weighted by Gasteiger charge is -2.16. The highest BCUT2D eigenvalue weighted by Crippen LogP contribution is 2.20. The van der Waals surface area contributed by atoms with E-state index in [1.807, 2.05) is 6.92 Å². The minimum atomic E-state index is -3.71. The molecule has 2 aromatic rings. The molecule has 0 amide bonds. The van der Waals surface area contributed by atoms with Gasteiger partial charge < -0.3 is 4.74 Å². The Morgan fingerprint density at radius 1 is 1.12 bits per heavy atom. The number of rotatable bonds is 7. The SMILES string of the molecule is C=C/C=C\[C@H](NS(=O)(=O)c1ccc(C)cc1)c1ccc(C(=O)OC)cc1. The number of benzene rings is 2. The minimum absolute atomic E-state index is 0.186. The number of sulfonamides is 1. The van der Waals surface area contributed by atoms with Crippen LogP contribution < -0.4 is 4.72 Å². The van der Waals surface area contributed by atoms with Gasteiger partial charge in [0.05, 0.1) is 23.6 Å². The molecule has 0 fully saturated rings. The summed E-state index contributed by atoms with van der Waals surface area (Å²) in [5.41, 5.74) is 2.06. The first-order valence-corrected chi connectivity index (χ1v) is 9.42. The van der Waals surface area contributed by atoms with E-state index < -0.39 is 22.0 Å². The Morgan fingerprint density at radius 3 is 2.27 bits per heavy atom. The Morgan fingerprint density at radius 2 is 1.73 bits per heavy atom. The zero-order valence-electron chi connectivity index (χ0n) is 14.7. The van der Waals surface area contributed by atoms with Crippen LogP contribution in [0.3, 0.4) is 0 Å². The number of aryl methyl sites for hydroxylation is 1. The molecular formula is C20H21NO4S. The standard InChI is InChI=1S/C20H21NO4S/c1-4-5-6-19(16-9-11-17(12-10-16)20(22)25-3)21-26(23,24)18-13-7-15(2)8-14-18/h4-14,19,21H,1H2,2-3H3/b6-5-/t19-/m0/s1. The van der Waals surface area contributed by atoms with Crippen LogP contribution in [0.25, 0.3) is 0 Å². The quantitative estimate of drug-likeness (QED) is 0.597. The molecule has 2 rings (SSSR count). The fourth-order valence-electron chi connectivity index (χ4n) is 2.31. The second-order valence-electron chi connectivity index (χ2n) is 5.65. The van der Waals surface area contributed by atoms with Crippen LogP contribution in [0.15, 0.2) is 78.2 Å². The molecule has 0 saturated heterocycles. The van der Waals surface area contributed by atoms with Crippen LogP contribution >= 0.6 is 0 Å². The van der Waals surface area contributed by atoms with E-state index in [2.05, 4.69) is 16.0 Å². The van der Waals surface area contributed by atoms with E-state index in [1.54, 1.807) is 66.8 Å². The number of hydrogen-bond donors (Lipinski definition) is 1. The molecule has 0 unspecified atom stereocenters. The van der Waals surface area contributed by atoms with Crippen LogP contribution in [0.2, 0.25) is 0 Å². The van der Waals surface area contributed by atoms with Crippen molar-refractivity contribution in [3.8, 4) is 0 Å². The molecule has 0 aliphatic heterocycles. The number of ether oxygens (including phenoxy) is 1. The molecule has 0 aromatic heterocycles. The largest absolute Gasteiger partial charge is 0.465 e. The summed E-state index contributed by atoms with van der Waals surface area (Å²) in [4.78, 5) is 11.7. The lowest BCUT2D eigenvalue weighted by molar-refractivity contribution is 0.0600. The molecule has 0 radical (unpaired) electrons. The van der Waals surface area contributed by atoms with Gasteiger partial charge in [0.15, 0.2) is 0 Å². The molecule has 6 heteroatoms. The van der Waals surface area contributed by atoms with Gasteiger partial charge in [-0.25, -0.2) is 13.2 Å². The maximum absolute atomic E-state index is 12.7. The summed E-state index contributed by atoms with van der Waals surface area (Å²) in [5, 5.41) is 0. The molecular weight excluding hydrogens is 350 g/mol. The summed E-state index contributed by atoms with van der Waals surface area (Å²) in [7, 11) is -2.41. The zero-order chi connectivity index (χ0) is 19.2. The van der Waals surface area contributed by atoms with E-state index in [4.69, 9.17) is 0 Å². The van der Waals surface area contributed by atoms with E-state index in [9.17, 15) is 13.2 Å². The number of esters is 1. The fourth-order valence-corrected chi connectivity index (χ4v) is 3.48. The van der Waals surface area contributed by atoms with E-state index in [1.165, 1.54) is 7.11 Å². The number of carbonyl (C=O) groups is 1. The van der Waals surface area contributed by atoms with E-state index in [0.29, 0.717) is 11.1 Å². The Hall–Kier alpha value is -2.70. The van der Waals surface area contributed by atoms with Gasteiger partial charge in [0, 0.05) is 0 Å². The van der Waals surface area contributed by atoms with Crippen LogP contribution in [-0.2, 0) is 14.8 Å². The monoisotopic (exact) mass is 371 g/mol. The van der Waals surface area contributed by atoms with Crippen molar-refractivity contribution in [3.63, 3.8) is 0 Å². The fraction of sp³-hybridized carbons (Fsp3) is 0.150. The number of methoxy groups -OCH3 is 1. The van der Waals surface area contributed by atoms with Crippen molar-refractivity contribution in [3.05, 3.63) is 90.0 Å². The van der Waals surface area contributed by atoms with Crippen molar-refractivity contribution in [2.24, 2.45) is 0 Å². The van der Waals surface area contributed by atoms with Crippen LogP contribution in [-0.4, -0.2) is 21.5 Å². The van der Waals surface area contributed by atoms with Crippen LogP contribution in [0, 0.1) is 6.92 Å². The molecule has 0 spiro atoms. The molecule has 1 atom stereocenters. The maximum atomic E-state index is 12.7. The highest BCUT2D eigenvalue weighted by molar-refractivity contribution is 7.89. The lowest BCUT2D eigenvalue weighted by Crippen LogP contribution is -2.27. The van der Waals surface area contributed by atoms with Gasteiger partial charge in [-0.15, -0.1) is 0 Å². The topological polar surface area (TPSA) is 72.5 Å². The molecule has 0 heterocycles. The first kappa shape index (κ1) is 19.6. The van der Waals surface area contributed by atoms with Crippen molar-refractivity contribution in [2.45, 2.75) is 17.9 Å². The molecule has 0 saturated carbocycles. The van der Waals surface area contributed by atoms with Crippen molar-refractivity contribution in [2.75, 3.05) is 7.11 Å². The van der Waals surface area contributed by atoms with Crippen molar-refractivity contribution >= 4 is 16.0 Å². The highest BCUT2D eigenvalue weighted by Gasteiger charge is 2.20. The Bertz CT molecular complexity index is 898. The third-order valence-electron chi connectivity index (χ3n) is 3.74. The molecule has 5 nitrogen and oxygen atoms in total. The van der Waals surface area contributed by atoms with Crippen LogP contribution in [0.5, 0.6) is 0 Å². The molecule has 0 aliphatic rings. The van der Waals surface area contributed by atoms with Gasteiger partial charge in [0.1, 0.15) is 0 Å². The van der Waals surface area contributed by atoms with Crippen molar-refractivity contribution < 1.29 is 17.9 Å². The first-order chi connectivity index (χ1) is 12.4. The average molecular weight is 371 g/mol. The molecule has 26 heavy (non-hydrogen) atoms. The average Bonchev–Trinajstić information content (AvgIpc) is 2.65. The number of carbonyl (C=O) groups excluding carboxylic acids is 1. The van der Waals surface area contributed by atoms with Gasteiger partial charge in [0.2, 0.25) is 10.0 Å². The van der Waals surface area contributed by atoms with Crippen LogP contribution in [0.4, 0.5) is 0 Å². The number of hydrogen-bond acceptors (Lipinski definition) is 4. The second-order valence-corrected chi connectivity index (χ2v) is 7.36. The van der Waals surface area contributed by atoms with Gasteiger partial charge in [-0.3, -0.25) is 0 Å². The van der Waals surface area contributed by atoms with Crippen molar-refractivity contribution in [1.82, 2.24) is 4.72 Å². The van der Waals surface area contributed by atoms with Gasteiger partial charge in [-0.05, 0) is 36.8 Å². The maximum Gasteiger partial charge on any atom is 0.337 e. The van der Waals surface area contributed by atoms with Crippen LogP contribution in [0.1, 0.15) is 27.5 Å². The lowest BCUT2D eigenvalue weighted by atomic mass is 10.1. The molecule has 0 bridgehead atoms. The third-order valence-corrected chi connectivity index (χ3v) is 5.20. The Balaban J connectivity index is 2.32. The Kier molecular flexibility index (Phi) is 6.49. The summed E-state index contributed by atoms with van der Waals surface area (Å²) >= 11 is 0. The van der Waals surface area contributed by atoms with Gasteiger partial charge in [-0.2, -0.15) is 4.72 Å². The highest BCUT2D eigenvalue weighted by atomic mass is 32.2. The van der Waals surface area contributed by atoms with E-state index >= 15 is 0 Å². The van der Waals surface area contributed by atoms with Gasteiger partial charge in [-0.1, -0.05) is 54.6 Å².